The molecule has 2 rings (SSSR count). The summed E-state index contributed by atoms with van der Waals surface area (Å²) in [4.78, 5) is 24.0. The largest absolute Gasteiger partial charge is 0.352 e. The molecule has 1 aromatic rings. The van der Waals surface area contributed by atoms with Gasteiger partial charge in [-0.3, -0.25) is 9.59 Å². The van der Waals surface area contributed by atoms with E-state index in [4.69, 9.17) is 0 Å². The topological polar surface area (TPSA) is 58.2 Å². The van der Waals surface area contributed by atoms with Gasteiger partial charge in [-0.15, -0.1) is 0 Å². The molecule has 0 heterocycles. The van der Waals surface area contributed by atoms with E-state index in [9.17, 15) is 9.59 Å². The fourth-order valence-electron chi connectivity index (χ4n) is 2.78. The van der Waals surface area contributed by atoms with Gasteiger partial charge in [0.15, 0.2) is 0 Å². The minimum atomic E-state index is -0.236. The third kappa shape index (κ3) is 5.44. The standard InChI is InChI=1S/C17H23BrN2O2/c18-15-11-7-6-10-14(15)17(22)19-12-16(21)20-13-8-4-2-1-3-5-9-13/h6-7,10-11,13H,1-5,8-9,12H2,(H,19,22)(H,20,21). The normalized spacial score (nSPS) is 16.4. The molecule has 0 saturated heterocycles. The zero-order chi connectivity index (χ0) is 15.8. The summed E-state index contributed by atoms with van der Waals surface area (Å²) in [6.07, 6.45) is 8.26. The first-order chi connectivity index (χ1) is 10.7. The predicted octanol–water partition coefficient (Wildman–Crippen LogP) is 3.41. The Balaban J connectivity index is 1.77. The van der Waals surface area contributed by atoms with Crippen molar-refractivity contribution in [2.75, 3.05) is 6.54 Å². The highest BCUT2D eigenvalue weighted by molar-refractivity contribution is 9.10. The Kier molecular flexibility index (Phi) is 6.90. The quantitative estimate of drug-likeness (QED) is 0.857. The summed E-state index contributed by atoms with van der Waals surface area (Å²) in [5.41, 5.74) is 0.543. The van der Waals surface area contributed by atoms with Crippen LogP contribution in [0.2, 0.25) is 0 Å². The molecule has 0 unspecified atom stereocenters. The Morgan fingerprint density at radius 3 is 2.36 bits per heavy atom. The van der Waals surface area contributed by atoms with Gasteiger partial charge in [0.1, 0.15) is 0 Å². The highest BCUT2D eigenvalue weighted by Gasteiger charge is 2.15. The number of carbonyl (C=O) groups is 2. The summed E-state index contributed by atoms with van der Waals surface area (Å²) < 4.78 is 0.730. The summed E-state index contributed by atoms with van der Waals surface area (Å²) in [5.74, 6) is -0.341. The van der Waals surface area contributed by atoms with E-state index in [1.54, 1.807) is 12.1 Å². The van der Waals surface area contributed by atoms with Gasteiger partial charge in [-0.2, -0.15) is 0 Å². The average molecular weight is 367 g/mol. The zero-order valence-electron chi connectivity index (χ0n) is 12.7. The van der Waals surface area contributed by atoms with E-state index in [0.717, 1.165) is 17.3 Å². The number of hydrogen-bond acceptors (Lipinski definition) is 2. The second-order valence-corrected chi connectivity index (χ2v) is 6.63. The van der Waals surface area contributed by atoms with Gasteiger partial charge in [-0.1, -0.05) is 44.2 Å². The summed E-state index contributed by atoms with van der Waals surface area (Å²) in [6.45, 7) is 0.0245. The van der Waals surface area contributed by atoms with Gasteiger partial charge in [-0.25, -0.2) is 0 Å². The van der Waals surface area contributed by atoms with E-state index >= 15 is 0 Å². The van der Waals surface area contributed by atoms with Gasteiger partial charge >= 0.3 is 0 Å². The van der Waals surface area contributed by atoms with Crippen molar-refractivity contribution in [3.8, 4) is 0 Å². The highest BCUT2D eigenvalue weighted by atomic mass is 79.9. The van der Waals surface area contributed by atoms with Crippen molar-refractivity contribution >= 4 is 27.7 Å². The van der Waals surface area contributed by atoms with Gasteiger partial charge < -0.3 is 10.6 Å². The van der Waals surface area contributed by atoms with Crippen molar-refractivity contribution in [2.24, 2.45) is 0 Å². The summed E-state index contributed by atoms with van der Waals surface area (Å²) in [7, 11) is 0. The third-order valence-electron chi connectivity index (χ3n) is 4.00. The van der Waals surface area contributed by atoms with Crippen molar-refractivity contribution in [2.45, 2.75) is 51.0 Å². The van der Waals surface area contributed by atoms with E-state index in [0.29, 0.717) is 5.56 Å². The van der Waals surface area contributed by atoms with E-state index in [1.165, 1.54) is 32.1 Å². The summed E-state index contributed by atoms with van der Waals surface area (Å²) in [6, 6.07) is 7.44. The van der Waals surface area contributed by atoms with Crippen LogP contribution in [0.25, 0.3) is 0 Å². The van der Waals surface area contributed by atoms with Crippen LogP contribution in [0.3, 0.4) is 0 Å². The molecule has 4 nitrogen and oxygen atoms in total. The Labute approximate surface area is 140 Å². The van der Waals surface area contributed by atoms with Crippen LogP contribution in [0.15, 0.2) is 28.7 Å². The molecular formula is C17H23BrN2O2. The Bertz CT molecular complexity index is 511. The molecular weight excluding hydrogens is 344 g/mol. The van der Waals surface area contributed by atoms with E-state index in [2.05, 4.69) is 26.6 Å². The molecule has 1 aliphatic carbocycles. The van der Waals surface area contributed by atoms with Gasteiger partial charge in [0.2, 0.25) is 5.91 Å². The second-order valence-electron chi connectivity index (χ2n) is 5.77. The number of halogens is 1. The van der Waals surface area contributed by atoms with Crippen LogP contribution in [0.4, 0.5) is 0 Å². The molecule has 0 spiro atoms. The second kappa shape index (κ2) is 8.93. The number of carbonyl (C=O) groups excluding carboxylic acids is 2. The molecule has 0 aliphatic heterocycles. The molecule has 0 aromatic heterocycles. The third-order valence-corrected chi connectivity index (χ3v) is 4.69. The van der Waals surface area contributed by atoms with Crippen LogP contribution in [-0.2, 0) is 4.79 Å². The fraction of sp³-hybridized carbons (Fsp3) is 0.529. The number of rotatable bonds is 4. The van der Waals surface area contributed by atoms with Crippen molar-refractivity contribution < 1.29 is 9.59 Å². The maximum absolute atomic E-state index is 12.0. The van der Waals surface area contributed by atoms with Crippen molar-refractivity contribution in [3.63, 3.8) is 0 Å². The molecule has 2 amide bonds. The SMILES string of the molecule is O=C(CNC(=O)c1ccccc1Br)NC1CCCCCCC1. The molecule has 1 aromatic carbocycles. The van der Waals surface area contributed by atoms with Crippen molar-refractivity contribution in [3.05, 3.63) is 34.3 Å². The van der Waals surface area contributed by atoms with Crippen LogP contribution in [-0.4, -0.2) is 24.4 Å². The first-order valence-electron chi connectivity index (χ1n) is 7.99. The number of nitrogens with one attached hydrogen (secondary N) is 2. The molecule has 0 atom stereocenters. The van der Waals surface area contributed by atoms with Crippen LogP contribution >= 0.6 is 15.9 Å². The van der Waals surface area contributed by atoms with E-state index in [-0.39, 0.29) is 24.4 Å². The average Bonchev–Trinajstić information content (AvgIpc) is 2.48. The number of benzene rings is 1. The van der Waals surface area contributed by atoms with Gasteiger partial charge in [0.05, 0.1) is 12.1 Å². The summed E-state index contributed by atoms with van der Waals surface area (Å²) in [5, 5.41) is 5.72. The van der Waals surface area contributed by atoms with Crippen molar-refractivity contribution in [1.82, 2.24) is 10.6 Å². The van der Waals surface area contributed by atoms with Gasteiger partial charge in [-0.05, 0) is 40.9 Å². The number of hydrogen-bond donors (Lipinski definition) is 2. The van der Waals surface area contributed by atoms with Crippen molar-refractivity contribution in [1.29, 1.82) is 0 Å². The molecule has 0 bridgehead atoms. The van der Waals surface area contributed by atoms with E-state index in [1.807, 2.05) is 12.1 Å². The molecule has 0 radical (unpaired) electrons. The molecule has 1 aliphatic rings. The van der Waals surface area contributed by atoms with Gasteiger partial charge in [0.25, 0.3) is 5.91 Å². The Morgan fingerprint density at radius 2 is 1.68 bits per heavy atom. The van der Waals surface area contributed by atoms with Crippen LogP contribution < -0.4 is 10.6 Å². The minimum Gasteiger partial charge on any atom is -0.352 e. The molecule has 2 N–H and O–H groups in total. The Hall–Kier alpha value is -1.36. The highest BCUT2D eigenvalue weighted by Crippen LogP contribution is 2.17. The summed E-state index contributed by atoms with van der Waals surface area (Å²) >= 11 is 3.34. The lowest BCUT2D eigenvalue weighted by atomic mass is 9.97. The van der Waals surface area contributed by atoms with Crippen LogP contribution in [0.5, 0.6) is 0 Å². The lowest BCUT2D eigenvalue weighted by molar-refractivity contribution is -0.120. The smallest absolute Gasteiger partial charge is 0.252 e. The molecule has 120 valence electrons. The first-order valence-corrected chi connectivity index (χ1v) is 8.78. The Morgan fingerprint density at radius 1 is 1.05 bits per heavy atom. The predicted molar refractivity (Wildman–Crippen MR) is 90.7 cm³/mol. The monoisotopic (exact) mass is 366 g/mol. The van der Waals surface area contributed by atoms with E-state index < -0.39 is 0 Å². The molecule has 1 saturated carbocycles. The molecule has 22 heavy (non-hydrogen) atoms. The fourth-order valence-corrected chi connectivity index (χ4v) is 3.25. The number of amides is 2. The first kappa shape index (κ1) is 17.0. The maximum atomic E-state index is 12.0. The zero-order valence-corrected chi connectivity index (χ0v) is 14.3. The lowest BCUT2D eigenvalue weighted by Crippen LogP contribution is -2.42. The van der Waals surface area contributed by atoms with Crippen LogP contribution in [0, 0.1) is 0 Å². The lowest BCUT2D eigenvalue weighted by Gasteiger charge is -2.21. The van der Waals surface area contributed by atoms with Crippen LogP contribution in [0.1, 0.15) is 55.3 Å². The maximum Gasteiger partial charge on any atom is 0.252 e. The van der Waals surface area contributed by atoms with Gasteiger partial charge in [0, 0.05) is 10.5 Å². The minimum absolute atomic E-state index is 0.0245. The molecule has 5 heteroatoms. The molecule has 1 fully saturated rings.